The van der Waals surface area contributed by atoms with E-state index in [1.807, 2.05) is 7.05 Å². The fraction of sp³-hybridized carbons (Fsp3) is 0.917. The molecule has 1 heterocycles. The second-order valence-corrected chi connectivity index (χ2v) is 4.96. The van der Waals surface area contributed by atoms with Crippen LogP contribution < -0.4 is 5.32 Å². The largest absolute Gasteiger partial charge is 0.342 e. The lowest BCUT2D eigenvalue weighted by Gasteiger charge is -2.16. The molecule has 3 nitrogen and oxygen atoms in total. The van der Waals surface area contributed by atoms with Crippen LogP contribution in [0.2, 0.25) is 0 Å². The van der Waals surface area contributed by atoms with Crippen molar-refractivity contribution in [2.75, 3.05) is 26.7 Å². The molecule has 1 aliphatic carbocycles. The molecule has 2 rings (SSSR count). The third-order valence-electron chi connectivity index (χ3n) is 3.56. The van der Waals surface area contributed by atoms with Crippen molar-refractivity contribution in [3.8, 4) is 0 Å². The molecule has 1 aliphatic heterocycles. The van der Waals surface area contributed by atoms with Crippen molar-refractivity contribution in [3.63, 3.8) is 0 Å². The molecule has 86 valence electrons. The van der Waals surface area contributed by atoms with E-state index in [4.69, 9.17) is 0 Å². The summed E-state index contributed by atoms with van der Waals surface area (Å²) in [5.74, 6) is 1.60. The molecular formula is C12H22N2O. The Morgan fingerprint density at radius 2 is 2.20 bits per heavy atom. The number of rotatable bonds is 5. The SMILES string of the molecule is CNCCCC1CCN(C(=O)C2CC2)C1. The summed E-state index contributed by atoms with van der Waals surface area (Å²) in [7, 11) is 2.00. The minimum Gasteiger partial charge on any atom is -0.342 e. The average Bonchev–Trinajstić information content (AvgIpc) is 2.98. The van der Waals surface area contributed by atoms with Crippen LogP contribution in [0.15, 0.2) is 0 Å². The Hall–Kier alpha value is -0.570. The van der Waals surface area contributed by atoms with Gasteiger partial charge in [0.25, 0.3) is 0 Å². The smallest absolute Gasteiger partial charge is 0.225 e. The van der Waals surface area contributed by atoms with E-state index in [0.29, 0.717) is 11.8 Å². The first-order chi connectivity index (χ1) is 7.31. The fourth-order valence-electron chi connectivity index (χ4n) is 2.42. The molecule has 1 N–H and O–H groups in total. The number of hydrogen-bond acceptors (Lipinski definition) is 2. The highest BCUT2D eigenvalue weighted by Crippen LogP contribution is 2.33. The first-order valence-corrected chi connectivity index (χ1v) is 6.24. The van der Waals surface area contributed by atoms with E-state index in [1.54, 1.807) is 0 Å². The second-order valence-electron chi connectivity index (χ2n) is 4.96. The Morgan fingerprint density at radius 1 is 1.40 bits per heavy atom. The molecule has 0 spiro atoms. The van der Waals surface area contributed by atoms with E-state index in [-0.39, 0.29) is 0 Å². The summed E-state index contributed by atoms with van der Waals surface area (Å²) < 4.78 is 0. The summed E-state index contributed by atoms with van der Waals surface area (Å²) in [4.78, 5) is 13.9. The zero-order chi connectivity index (χ0) is 10.7. The lowest BCUT2D eigenvalue weighted by Crippen LogP contribution is -2.29. The zero-order valence-electron chi connectivity index (χ0n) is 9.67. The zero-order valence-corrected chi connectivity index (χ0v) is 9.67. The maximum atomic E-state index is 11.8. The second kappa shape index (κ2) is 4.97. The molecule has 1 saturated carbocycles. The summed E-state index contributed by atoms with van der Waals surface area (Å²) >= 11 is 0. The van der Waals surface area contributed by atoms with Crippen LogP contribution in [0.3, 0.4) is 0 Å². The van der Waals surface area contributed by atoms with E-state index < -0.39 is 0 Å². The molecule has 0 aromatic heterocycles. The number of nitrogens with zero attached hydrogens (tertiary/aromatic N) is 1. The molecule has 3 heteroatoms. The number of carbonyl (C=O) groups is 1. The third-order valence-corrected chi connectivity index (χ3v) is 3.56. The standard InChI is InChI=1S/C12H22N2O/c1-13-7-2-3-10-6-8-14(9-10)12(15)11-4-5-11/h10-11,13H,2-9H2,1H3. The van der Waals surface area contributed by atoms with Crippen LogP contribution in [-0.4, -0.2) is 37.5 Å². The molecule has 1 saturated heterocycles. The fourth-order valence-corrected chi connectivity index (χ4v) is 2.42. The van der Waals surface area contributed by atoms with Gasteiger partial charge in [0.05, 0.1) is 0 Å². The monoisotopic (exact) mass is 210 g/mol. The van der Waals surface area contributed by atoms with Gasteiger partial charge in [0, 0.05) is 19.0 Å². The highest BCUT2D eigenvalue weighted by atomic mass is 16.2. The maximum absolute atomic E-state index is 11.8. The normalized spacial score (nSPS) is 25.9. The Balaban J connectivity index is 1.67. The number of nitrogens with one attached hydrogen (secondary N) is 1. The first kappa shape index (κ1) is 10.9. The molecule has 1 unspecified atom stereocenters. The third kappa shape index (κ3) is 2.94. The minimum absolute atomic E-state index is 0.404. The quantitative estimate of drug-likeness (QED) is 0.693. The highest BCUT2D eigenvalue weighted by molar-refractivity contribution is 5.81. The minimum atomic E-state index is 0.404. The van der Waals surface area contributed by atoms with Crippen LogP contribution in [0, 0.1) is 11.8 Å². The predicted molar refractivity (Wildman–Crippen MR) is 60.6 cm³/mol. The lowest BCUT2D eigenvalue weighted by atomic mass is 10.0. The Morgan fingerprint density at radius 3 is 2.87 bits per heavy atom. The predicted octanol–water partition coefficient (Wildman–Crippen LogP) is 1.24. The Labute approximate surface area is 92.2 Å². The van der Waals surface area contributed by atoms with Crippen molar-refractivity contribution < 1.29 is 4.79 Å². The summed E-state index contributed by atoms with van der Waals surface area (Å²) in [6, 6.07) is 0. The Kier molecular flexibility index (Phi) is 3.62. The average molecular weight is 210 g/mol. The van der Waals surface area contributed by atoms with Crippen molar-refractivity contribution in [3.05, 3.63) is 0 Å². The molecule has 0 aromatic rings. The molecule has 1 atom stereocenters. The van der Waals surface area contributed by atoms with Gasteiger partial charge in [-0.3, -0.25) is 4.79 Å². The van der Waals surface area contributed by atoms with Gasteiger partial charge < -0.3 is 10.2 Å². The van der Waals surface area contributed by atoms with E-state index in [1.165, 1.54) is 19.3 Å². The first-order valence-electron chi connectivity index (χ1n) is 6.24. The molecule has 0 radical (unpaired) electrons. The maximum Gasteiger partial charge on any atom is 0.225 e. The van der Waals surface area contributed by atoms with Gasteiger partial charge in [0.1, 0.15) is 0 Å². The van der Waals surface area contributed by atoms with Gasteiger partial charge in [-0.05, 0) is 51.6 Å². The number of likely N-dealkylation sites (tertiary alicyclic amines) is 1. The van der Waals surface area contributed by atoms with E-state index in [0.717, 1.165) is 38.4 Å². The van der Waals surface area contributed by atoms with Gasteiger partial charge in [-0.1, -0.05) is 0 Å². The van der Waals surface area contributed by atoms with Gasteiger partial charge in [-0.25, -0.2) is 0 Å². The van der Waals surface area contributed by atoms with Crippen LogP contribution in [0.25, 0.3) is 0 Å². The van der Waals surface area contributed by atoms with E-state index in [2.05, 4.69) is 10.2 Å². The van der Waals surface area contributed by atoms with Crippen LogP contribution in [-0.2, 0) is 4.79 Å². The van der Waals surface area contributed by atoms with Gasteiger partial charge in [0.15, 0.2) is 0 Å². The molecule has 2 aliphatic rings. The van der Waals surface area contributed by atoms with Crippen molar-refractivity contribution in [2.24, 2.45) is 11.8 Å². The molecular weight excluding hydrogens is 188 g/mol. The summed E-state index contributed by atoms with van der Waals surface area (Å²) in [6.07, 6.45) is 6.02. The van der Waals surface area contributed by atoms with Gasteiger partial charge in [0.2, 0.25) is 5.91 Å². The van der Waals surface area contributed by atoms with Gasteiger partial charge in [-0.2, -0.15) is 0 Å². The van der Waals surface area contributed by atoms with Crippen LogP contribution in [0.1, 0.15) is 32.1 Å². The van der Waals surface area contributed by atoms with Crippen LogP contribution >= 0.6 is 0 Å². The van der Waals surface area contributed by atoms with Gasteiger partial charge in [-0.15, -0.1) is 0 Å². The molecule has 0 bridgehead atoms. The summed E-state index contributed by atoms with van der Waals surface area (Å²) in [6.45, 7) is 3.14. The van der Waals surface area contributed by atoms with Crippen molar-refractivity contribution in [1.82, 2.24) is 10.2 Å². The lowest BCUT2D eigenvalue weighted by molar-refractivity contribution is -0.131. The number of carbonyl (C=O) groups excluding carboxylic acids is 1. The summed E-state index contributed by atoms with van der Waals surface area (Å²) in [5, 5.41) is 3.17. The molecule has 15 heavy (non-hydrogen) atoms. The topological polar surface area (TPSA) is 32.3 Å². The Bertz CT molecular complexity index is 226. The molecule has 2 fully saturated rings. The van der Waals surface area contributed by atoms with E-state index in [9.17, 15) is 4.79 Å². The summed E-state index contributed by atoms with van der Waals surface area (Å²) in [5.41, 5.74) is 0. The number of amides is 1. The van der Waals surface area contributed by atoms with Crippen molar-refractivity contribution >= 4 is 5.91 Å². The van der Waals surface area contributed by atoms with Gasteiger partial charge >= 0.3 is 0 Å². The van der Waals surface area contributed by atoms with Crippen LogP contribution in [0.5, 0.6) is 0 Å². The highest BCUT2D eigenvalue weighted by Gasteiger charge is 2.36. The van der Waals surface area contributed by atoms with Crippen molar-refractivity contribution in [2.45, 2.75) is 32.1 Å². The van der Waals surface area contributed by atoms with Crippen LogP contribution in [0.4, 0.5) is 0 Å². The van der Waals surface area contributed by atoms with E-state index >= 15 is 0 Å². The van der Waals surface area contributed by atoms with Crippen molar-refractivity contribution in [1.29, 1.82) is 0 Å². The molecule has 0 aromatic carbocycles. The molecule has 1 amide bonds. The number of hydrogen-bond donors (Lipinski definition) is 1.